The van der Waals surface area contributed by atoms with E-state index in [2.05, 4.69) is 10.3 Å². The Bertz CT molecular complexity index is 771. The second kappa shape index (κ2) is 5.27. The highest BCUT2D eigenvalue weighted by atomic mass is 32.2. The van der Waals surface area contributed by atoms with Crippen LogP contribution in [0, 0.1) is 12.7 Å². The Hall–Kier alpha value is -1.84. The summed E-state index contributed by atoms with van der Waals surface area (Å²) in [7, 11) is -3.97. The standard InChI is InChI=1S/C11H10FN3O3S2/c1-6-14-10(5-19-6)11(16)15-9-4-7(20(13,17)18)2-3-8(9)12/h2-5H,1H3,(H,15,16)(H2,13,17,18). The van der Waals surface area contributed by atoms with E-state index in [1.54, 1.807) is 6.92 Å². The Balaban J connectivity index is 2.31. The minimum absolute atomic E-state index is 0.132. The summed E-state index contributed by atoms with van der Waals surface area (Å²) in [6.07, 6.45) is 0. The lowest BCUT2D eigenvalue weighted by Gasteiger charge is -2.06. The van der Waals surface area contributed by atoms with Gasteiger partial charge < -0.3 is 5.32 Å². The molecule has 0 aliphatic heterocycles. The van der Waals surface area contributed by atoms with Gasteiger partial charge in [0.1, 0.15) is 11.5 Å². The first-order valence-corrected chi connectivity index (χ1v) is 7.76. The van der Waals surface area contributed by atoms with E-state index in [4.69, 9.17) is 5.14 Å². The van der Waals surface area contributed by atoms with Gasteiger partial charge in [0.05, 0.1) is 15.6 Å². The van der Waals surface area contributed by atoms with Gasteiger partial charge in [-0.25, -0.2) is 22.9 Å². The quantitative estimate of drug-likeness (QED) is 0.895. The molecular formula is C11H10FN3O3S2. The third kappa shape index (κ3) is 3.18. The summed E-state index contributed by atoms with van der Waals surface area (Å²) in [5.74, 6) is -1.39. The summed E-state index contributed by atoms with van der Waals surface area (Å²) in [6.45, 7) is 1.73. The molecule has 1 heterocycles. The number of halogens is 1. The number of nitrogens with zero attached hydrogens (tertiary/aromatic N) is 1. The number of rotatable bonds is 3. The Morgan fingerprint density at radius 1 is 1.45 bits per heavy atom. The molecule has 1 aromatic carbocycles. The first kappa shape index (κ1) is 14.6. The molecule has 20 heavy (non-hydrogen) atoms. The molecule has 0 fully saturated rings. The number of amides is 1. The average molecular weight is 315 g/mol. The zero-order chi connectivity index (χ0) is 14.9. The monoisotopic (exact) mass is 315 g/mol. The lowest BCUT2D eigenvalue weighted by Crippen LogP contribution is -2.16. The van der Waals surface area contributed by atoms with Gasteiger partial charge in [0, 0.05) is 5.38 Å². The highest BCUT2D eigenvalue weighted by molar-refractivity contribution is 7.89. The predicted molar refractivity (Wildman–Crippen MR) is 72.6 cm³/mol. The zero-order valence-electron chi connectivity index (χ0n) is 10.3. The van der Waals surface area contributed by atoms with Gasteiger partial charge in [-0.2, -0.15) is 0 Å². The molecule has 3 N–H and O–H groups in total. The van der Waals surface area contributed by atoms with Crippen molar-refractivity contribution in [1.29, 1.82) is 0 Å². The minimum Gasteiger partial charge on any atom is -0.318 e. The van der Waals surface area contributed by atoms with Crippen molar-refractivity contribution in [2.75, 3.05) is 5.32 Å². The van der Waals surface area contributed by atoms with Crippen molar-refractivity contribution in [3.8, 4) is 0 Å². The SMILES string of the molecule is Cc1nc(C(=O)Nc2cc(S(N)(=O)=O)ccc2F)cs1. The van der Waals surface area contributed by atoms with Crippen LogP contribution in [0.15, 0.2) is 28.5 Å². The number of hydrogen-bond acceptors (Lipinski definition) is 5. The van der Waals surface area contributed by atoms with Crippen LogP contribution < -0.4 is 10.5 Å². The number of aryl methyl sites for hydroxylation is 1. The van der Waals surface area contributed by atoms with E-state index >= 15 is 0 Å². The first-order chi connectivity index (χ1) is 9.27. The predicted octanol–water partition coefficient (Wildman–Crippen LogP) is 1.49. The van der Waals surface area contributed by atoms with E-state index < -0.39 is 21.7 Å². The summed E-state index contributed by atoms with van der Waals surface area (Å²) >= 11 is 1.27. The fourth-order valence-electron chi connectivity index (χ4n) is 1.43. The number of hydrogen-bond donors (Lipinski definition) is 2. The molecule has 0 radical (unpaired) electrons. The van der Waals surface area contributed by atoms with Gasteiger partial charge in [-0.15, -0.1) is 11.3 Å². The molecule has 0 aliphatic rings. The van der Waals surface area contributed by atoms with Crippen LogP contribution in [0.2, 0.25) is 0 Å². The van der Waals surface area contributed by atoms with Crippen LogP contribution in [-0.4, -0.2) is 19.3 Å². The van der Waals surface area contributed by atoms with Crippen molar-refractivity contribution in [1.82, 2.24) is 4.98 Å². The average Bonchev–Trinajstić information content (AvgIpc) is 2.77. The molecular weight excluding hydrogens is 305 g/mol. The first-order valence-electron chi connectivity index (χ1n) is 5.33. The van der Waals surface area contributed by atoms with Gasteiger partial charge in [-0.1, -0.05) is 0 Å². The maximum atomic E-state index is 13.6. The third-order valence-electron chi connectivity index (χ3n) is 2.37. The number of nitrogens with one attached hydrogen (secondary N) is 1. The molecule has 9 heteroatoms. The molecule has 0 atom stereocenters. The maximum Gasteiger partial charge on any atom is 0.275 e. The zero-order valence-corrected chi connectivity index (χ0v) is 11.9. The third-order valence-corrected chi connectivity index (χ3v) is 4.05. The fraction of sp³-hybridized carbons (Fsp3) is 0.0909. The number of nitrogens with two attached hydrogens (primary N) is 1. The second-order valence-corrected chi connectivity index (χ2v) is 6.52. The van der Waals surface area contributed by atoms with Crippen LogP contribution in [0.25, 0.3) is 0 Å². The highest BCUT2D eigenvalue weighted by Crippen LogP contribution is 2.20. The molecule has 1 amide bonds. The maximum absolute atomic E-state index is 13.6. The normalized spacial score (nSPS) is 11.3. The number of carbonyl (C=O) groups is 1. The van der Waals surface area contributed by atoms with Crippen LogP contribution in [0.4, 0.5) is 10.1 Å². The van der Waals surface area contributed by atoms with E-state index in [1.807, 2.05) is 0 Å². The lowest BCUT2D eigenvalue weighted by molar-refractivity contribution is 0.102. The Morgan fingerprint density at radius 2 is 2.15 bits per heavy atom. The van der Waals surface area contributed by atoms with Gasteiger partial charge in [0.2, 0.25) is 10.0 Å². The van der Waals surface area contributed by atoms with E-state index in [9.17, 15) is 17.6 Å². The van der Waals surface area contributed by atoms with E-state index in [0.717, 1.165) is 18.2 Å². The van der Waals surface area contributed by atoms with Gasteiger partial charge in [-0.05, 0) is 25.1 Å². The molecule has 1 aromatic heterocycles. The van der Waals surface area contributed by atoms with Gasteiger partial charge in [0.15, 0.2) is 0 Å². The lowest BCUT2D eigenvalue weighted by atomic mass is 10.3. The molecule has 0 saturated heterocycles. The summed E-state index contributed by atoms with van der Waals surface area (Å²) in [5.41, 5.74) is -0.139. The van der Waals surface area contributed by atoms with Crippen LogP contribution in [-0.2, 0) is 10.0 Å². The largest absolute Gasteiger partial charge is 0.318 e. The van der Waals surface area contributed by atoms with E-state index in [-0.39, 0.29) is 16.3 Å². The molecule has 6 nitrogen and oxygen atoms in total. The van der Waals surface area contributed by atoms with Crippen molar-refractivity contribution < 1.29 is 17.6 Å². The van der Waals surface area contributed by atoms with Gasteiger partial charge >= 0.3 is 0 Å². The Kier molecular flexibility index (Phi) is 3.84. The number of primary sulfonamides is 1. The summed E-state index contributed by atoms with van der Waals surface area (Å²) in [4.78, 5) is 15.5. The van der Waals surface area contributed by atoms with Crippen molar-refractivity contribution in [2.45, 2.75) is 11.8 Å². The second-order valence-electron chi connectivity index (χ2n) is 3.89. The number of carbonyl (C=O) groups excluding carboxylic acids is 1. The van der Waals surface area contributed by atoms with Crippen LogP contribution >= 0.6 is 11.3 Å². The number of benzene rings is 1. The highest BCUT2D eigenvalue weighted by Gasteiger charge is 2.15. The summed E-state index contributed by atoms with van der Waals surface area (Å²) < 4.78 is 35.9. The minimum atomic E-state index is -3.97. The topological polar surface area (TPSA) is 102 Å². The Morgan fingerprint density at radius 3 is 2.70 bits per heavy atom. The molecule has 2 aromatic rings. The molecule has 2 rings (SSSR count). The number of sulfonamides is 1. The molecule has 106 valence electrons. The molecule has 0 bridgehead atoms. The van der Waals surface area contributed by atoms with Crippen molar-refractivity contribution in [3.63, 3.8) is 0 Å². The molecule has 0 unspecified atom stereocenters. The van der Waals surface area contributed by atoms with Gasteiger partial charge in [-0.3, -0.25) is 4.79 Å². The number of aromatic nitrogens is 1. The van der Waals surface area contributed by atoms with Crippen molar-refractivity contribution in [2.24, 2.45) is 5.14 Å². The van der Waals surface area contributed by atoms with E-state index in [0.29, 0.717) is 5.01 Å². The Labute approximate surface area is 118 Å². The number of anilines is 1. The fourth-order valence-corrected chi connectivity index (χ4v) is 2.56. The van der Waals surface area contributed by atoms with Crippen LogP contribution in [0.3, 0.4) is 0 Å². The number of thiazole rings is 1. The van der Waals surface area contributed by atoms with Crippen molar-refractivity contribution in [3.05, 3.63) is 40.1 Å². The summed E-state index contributed by atoms with van der Waals surface area (Å²) in [5, 5.41) is 9.42. The molecule has 0 aliphatic carbocycles. The van der Waals surface area contributed by atoms with Crippen LogP contribution in [0.1, 0.15) is 15.5 Å². The van der Waals surface area contributed by atoms with Gasteiger partial charge in [0.25, 0.3) is 5.91 Å². The van der Waals surface area contributed by atoms with Crippen molar-refractivity contribution >= 4 is 33.0 Å². The molecule has 0 spiro atoms. The molecule has 0 saturated carbocycles. The van der Waals surface area contributed by atoms with Crippen LogP contribution in [0.5, 0.6) is 0 Å². The smallest absolute Gasteiger partial charge is 0.275 e. The summed E-state index contributed by atoms with van der Waals surface area (Å²) in [6, 6.07) is 2.90. The van der Waals surface area contributed by atoms with E-state index in [1.165, 1.54) is 16.7 Å².